The second kappa shape index (κ2) is 10.3. The predicted octanol–water partition coefficient (Wildman–Crippen LogP) is 3.50. The SMILES string of the molecule is Cc1ccc(-n2cnnc2SCC(=O)NCc2ccc(Cn3ccccc3=O)cc2)cc1C. The standard InChI is InChI=1S/C25H25N5O2S/c1-18-6-11-22(13-19(18)2)30-17-27-28-25(30)33-16-23(31)26-14-20-7-9-21(10-8-20)15-29-12-4-3-5-24(29)32/h3-13,17H,14-16H2,1-2H3,(H,26,31). The van der Waals surface area contributed by atoms with Crippen LogP contribution >= 0.6 is 11.8 Å². The lowest BCUT2D eigenvalue weighted by Gasteiger charge is -2.09. The molecule has 1 amide bonds. The number of rotatable bonds is 8. The number of amides is 1. The fourth-order valence-corrected chi connectivity index (χ4v) is 4.07. The maximum Gasteiger partial charge on any atom is 0.250 e. The molecule has 33 heavy (non-hydrogen) atoms. The number of hydrogen-bond donors (Lipinski definition) is 1. The van der Waals surface area contributed by atoms with Crippen LogP contribution in [0.2, 0.25) is 0 Å². The molecule has 0 aliphatic heterocycles. The summed E-state index contributed by atoms with van der Waals surface area (Å²) in [5.74, 6) is 0.174. The maximum absolute atomic E-state index is 12.4. The van der Waals surface area contributed by atoms with Gasteiger partial charge in [0.2, 0.25) is 5.91 Å². The van der Waals surface area contributed by atoms with Crippen molar-refractivity contribution in [3.8, 4) is 5.69 Å². The highest BCUT2D eigenvalue weighted by Crippen LogP contribution is 2.21. The Balaban J connectivity index is 1.29. The van der Waals surface area contributed by atoms with E-state index in [1.807, 2.05) is 41.0 Å². The Morgan fingerprint density at radius 2 is 1.79 bits per heavy atom. The molecule has 0 saturated heterocycles. The van der Waals surface area contributed by atoms with Crippen LogP contribution in [0.5, 0.6) is 0 Å². The molecule has 0 saturated carbocycles. The number of aryl methyl sites for hydroxylation is 2. The van der Waals surface area contributed by atoms with E-state index in [9.17, 15) is 9.59 Å². The number of carbonyl (C=O) groups excluding carboxylic acids is 1. The molecule has 4 aromatic rings. The van der Waals surface area contributed by atoms with E-state index in [4.69, 9.17) is 0 Å². The van der Waals surface area contributed by atoms with Crippen LogP contribution in [0.4, 0.5) is 0 Å². The van der Waals surface area contributed by atoms with E-state index in [1.54, 1.807) is 29.2 Å². The van der Waals surface area contributed by atoms with Crippen molar-refractivity contribution in [2.24, 2.45) is 0 Å². The highest BCUT2D eigenvalue weighted by molar-refractivity contribution is 7.99. The summed E-state index contributed by atoms with van der Waals surface area (Å²) >= 11 is 1.35. The van der Waals surface area contributed by atoms with Crippen molar-refractivity contribution in [3.63, 3.8) is 0 Å². The first-order valence-corrected chi connectivity index (χ1v) is 11.6. The zero-order valence-corrected chi connectivity index (χ0v) is 19.4. The van der Waals surface area contributed by atoms with Crippen molar-refractivity contribution in [2.75, 3.05) is 5.75 Å². The summed E-state index contributed by atoms with van der Waals surface area (Å²) in [6, 6.07) is 19.2. The zero-order chi connectivity index (χ0) is 23.2. The second-order valence-corrected chi connectivity index (χ2v) is 8.74. The van der Waals surface area contributed by atoms with Crippen LogP contribution < -0.4 is 10.9 Å². The van der Waals surface area contributed by atoms with Gasteiger partial charge in [-0.2, -0.15) is 0 Å². The van der Waals surface area contributed by atoms with Gasteiger partial charge in [0.15, 0.2) is 5.16 Å². The molecular weight excluding hydrogens is 434 g/mol. The molecule has 0 spiro atoms. The largest absolute Gasteiger partial charge is 0.351 e. The van der Waals surface area contributed by atoms with Crippen LogP contribution in [0.3, 0.4) is 0 Å². The van der Waals surface area contributed by atoms with Crippen molar-refractivity contribution in [1.29, 1.82) is 0 Å². The summed E-state index contributed by atoms with van der Waals surface area (Å²) in [7, 11) is 0. The average Bonchev–Trinajstić information content (AvgIpc) is 3.29. The van der Waals surface area contributed by atoms with E-state index in [0.717, 1.165) is 16.8 Å². The van der Waals surface area contributed by atoms with Crippen molar-refractivity contribution in [2.45, 2.75) is 32.1 Å². The molecule has 0 radical (unpaired) electrons. The minimum Gasteiger partial charge on any atom is -0.351 e. The van der Waals surface area contributed by atoms with E-state index in [-0.39, 0.29) is 17.2 Å². The molecule has 0 aliphatic rings. The third kappa shape index (κ3) is 5.78. The maximum atomic E-state index is 12.4. The van der Waals surface area contributed by atoms with Crippen molar-refractivity contribution in [3.05, 3.63) is 106 Å². The van der Waals surface area contributed by atoms with Gasteiger partial charge in [-0.1, -0.05) is 48.2 Å². The molecule has 0 fully saturated rings. The lowest BCUT2D eigenvalue weighted by atomic mass is 10.1. The van der Waals surface area contributed by atoms with Crippen LogP contribution in [0, 0.1) is 13.8 Å². The fourth-order valence-electron chi connectivity index (χ4n) is 3.31. The van der Waals surface area contributed by atoms with Gasteiger partial charge in [0.25, 0.3) is 5.56 Å². The van der Waals surface area contributed by atoms with Gasteiger partial charge in [0, 0.05) is 24.5 Å². The number of pyridine rings is 1. The lowest BCUT2D eigenvalue weighted by Crippen LogP contribution is -2.24. The first-order valence-electron chi connectivity index (χ1n) is 10.6. The number of carbonyl (C=O) groups is 1. The molecule has 2 heterocycles. The Bertz CT molecular complexity index is 1310. The van der Waals surface area contributed by atoms with E-state index in [0.29, 0.717) is 18.2 Å². The molecular formula is C25H25N5O2S. The Kier molecular flexibility index (Phi) is 7.04. The number of benzene rings is 2. The third-order valence-corrected chi connectivity index (χ3v) is 6.33. The summed E-state index contributed by atoms with van der Waals surface area (Å²) in [6.45, 7) is 5.10. The Morgan fingerprint density at radius 1 is 1.00 bits per heavy atom. The van der Waals surface area contributed by atoms with Gasteiger partial charge in [-0.15, -0.1) is 10.2 Å². The summed E-state index contributed by atoms with van der Waals surface area (Å²) < 4.78 is 3.55. The number of hydrogen-bond acceptors (Lipinski definition) is 5. The minimum absolute atomic E-state index is 0.0281. The minimum atomic E-state index is -0.0745. The molecule has 0 aliphatic carbocycles. The van der Waals surface area contributed by atoms with E-state index >= 15 is 0 Å². The van der Waals surface area contributed by atoms with Crippen LogP contribution in [0.25, 0.3) is 5.69 Å². The Hall–Kier alpha value is -3.65. The number of thioether (sulfide) groups is 1. The lowest BCUT2D eigenvalue weighted by molar-refractivity contribution is -0.118. The van der Waals surface area contributed by atoms with Crippen LogP contribution in [0.1, 0.15) is 22.3 Å². The number of nitrogens with zero attached hydrogens (tertiary/aromatic N) is 4. The summed E-state index contributed by atoms with van der Waals surface area (Å²) in [5, 5.41) is 11.8. The van der Waals surface area contributed by atoms with Gasteiger partial charge in [-0.05, 0) is 54.3 Å². The first-order chi connectivity index (χ1) is 16.0. The Labute approximate surface area is 196 Å². The van der Waals surface area contributed by atoms with E-state index < -0.39 is 0 Å². The molecule has 0 unspecified atom stereocenters. The van der Waals surface area contributed by atoms with Gasteiger partial charge < -0.3 is 9.88 Å². The third-order valence-electron chi connectivity index (χ3n) is 5.38. The first kappa shape index (κ1) is 22.5. The topological polar surface area (TPSA) is 81.8 Å². The summed E-state index contributed by atoms with van der Waals surface area (Å²) in [4.78, 5) is 24.2. The van der Waals surface area contributed by atoms with Crippen molar-refractivity contribution >= 4 is 17.7 Å². The number of nitrogens with one attached hydrogen (secondary N) is 1. The highest BCUT2D eigenvalue weighted by Gasteiger charge is 2.11. The van der Waals surface area contributed by atoms with Crippen LogP contribution in [-0.2, 0) is 17.9 Å². The smallest absolute Gasteiger partial charge is 0.250 e. The molecule has 168 valence electrons. The molecule has 8 heteroatoms. The second-order valence-electron chi connectivity index (χ2n) is 7.80. The van der Waals surface area contributed by atoms with Crippen LogP contribution in [0.15, 0.2) is 83.1 Å². The van der Waals surface area contributed by atoms with Gasteiger partial charge >= 0.3 is 0 Å². The Morgan fingerprint density at radius 3 is 2.55 bits per heavy atom. The quantitative estimate of drug-likeness (QED) is 0.408. The molecule has 2 aromatic heterocycles. The number of aromatic nitrogens is 4. The predicted molar refractivity (Wildman–Crippen MR) is 130 cm³/mol. The molecule has 7 nitrogen and oxygen atoms in total. The van der Waals surface area contributed by atoms with E-state index in [2.05, 4.69) is 41.5 Å². The van der Waals surface area contributed by atoms with E-state index in [1.165, 1.54) is 22.9 Å². The zero-order valence-electron chi connectivity index (χ0n) is 18.6. The highest BCUT2D eigenvalue weighted by atomic mass is 32.2. The van der Waals surface area contributed by atoms with Crippen molar-refractivity contribution < 1.29 is 4.79 Å². The molecule has 0 atom stereocenters. The fraction of sp³-hybridized carbons (Fsp3) is 0.200. The normalized spacial score (nSPS) is 10.8. The molecule has 4 rings (SSSR count). The van der Waals surface area contributed by atoms with Gasteiger partial charge in [0.1, 0.15) is 6.33 Å². The molecule has 1 N–H and O–H groups in total. The summed E-state index contributed by atoms with van der Waals surface area (Å²) in [6.07, 6.45) is 3.43. The van der Waals surface area contributed by atoms with Gasteiger partial charge in [-0.25, -0.2) is 0 Å². The monoisotopic (exact) mass is 459 g/mol. The van der Waals surface area contributed by atoms with Crippen molar-refractivity contribution in [1.82, 2.24) is 24.6 Å². The molecule has 2 aromatic carbocycles. The molecule has 0 bridgehead atoms. The average molecular weight is 460 g/mol. The van der Waals surface area contributed by atoms with Gasteiger partial charge in [0.05, 0.1) is 12.3 Å². The summed E-state index contributed by atoms with van der Waals surface area (Å²) in [5.41, 5.74) is 5.39. The van der Waals surface area contributed by atoms with Crippen LogP contribution in [-0.4, -0.2) is 31.0 Å². The van der Waals surface area contributed by atoms with Gasteiger partial charge in [-0.3, -0.25) is 14.2 Å².